The second-order valence-electron chi connectivity index (χ2n) is 6.54. The number of carbonyl (C=O) groups is 2. The Morgan fingerprint density at radius 1 is 1.19 bits per heavy atom. The number of nitrogens with one attached hydrogen (secondary N) is 1. The molecule has 3 amide bonds. The van der Waals surface area contributed by atoms with Crippen molar-refractivity contribution in [3.05, 3.63) is 29.8 Å². The second-order valence-corrected chi connectivity index (χ2v) is 6.54. The van der Waals surface area contributed by atoms with Gasteiger partial charge in [-0.15, -0.1) is 0 Å². The van der Waals surface area contributed by atoms with E-state index in [1.54, 1.807) is 4.90 Å². The molecule has 144 valence electrons. The molecule has 26 heavy (non-hydrogen) atoms. The average Bonchev–Trinajstić information content (AvgIpc) is 2.82. The fraction of sp³-hybridized carbons (Fsp3) is 0.579. The van der Waals surface area contributed by atoms with Crippen LogP contribution in [0.1, 0.15) is 25.8 Å². The number of ether oxygens (including phenoxy) is 1. The van der Waals surface area contributed by atoms with Gasteiger partial charge in [0.1, 0.15) is 12.4 Å². The highest BCUT2D eigenvalue weighted by atomic mass is 16.5. The van der Waals surface area contributed by atoms with Gasteiger partial charge in [0, 0.05) is 26.6 Å². The van der Waals surface area contributed by atoms with Gasteiger partial charge in [-0.1, -0.05) is 25.5 Å². The molecule has 1 aliphatic rings. The van der Waals surface area contributed by atoms with Crippen LogP contribution in [0, 0.1) is 0 Å². The van der Waals surface area contributed by atoms with Gasteiger partial charge in [-0.05, 0) is 24.1 Å². The van der Waals surface area contributed by atoms with E-state index in [0.717, 1.165) is 18.6 Å². The molecule has 7 heteroatoms. The topological polar surface area (TPSA) is 82.1 Å². The summed E-state index contributed by atoms with van der Waals surface area (Å²) >= 11 is 0. The lowest BCUT2D eigenvalue weighted by atomic mass is 10.1. The third-order valence-electron chi connectivity index (χ3n) is 4.34. The van der Waals surface area contributed by atoms with E-state index in [2.05, 4.69) is 24.4 Å². The van der Waals surface area contributed by atoms with Gasteiger partial charge >= 0.3 is 6.03 Å². The van der Waals surface area contributed by atoms with Crippen LogP contribution in [0.25, 0.3) is 0 Å². The molecule has 7 nitrogen and oxygen atoms in total. The molecule has 0 radical (unpaired) electrons. The van der Waals surface area contributed by atoms with Gasteiger partial charge in [-0.2, -0.15) is 0 Å². The summed E-state index contributed by atoms with van der Waals surface area (Å²) in [5, 5.41) is 12.8. The maximum absolute atomic E-state index is 12.2. The van der Waals surface area contributed by atoms with Crippen LogP contribution in [0.3, 0.4) is 0 Å². The molecule has 0 spiro atoms. The number of carbonyl (C=O) groups excluding carboxylic acids is 2. The van der Waals surface area contributed by atoms with Crippen molar-refractivity contribution < 1.29 is 19.4 Å². The molecule has 1 saturated heterocycles. The minimum atomic E-state index is -0.731. The van der Waals surface area contributed by atoms with Crippen molar-refractivity contribution in [1.29, 1.82) is 0 Å². The zero-order chi connectivity index (χ0) is 18.9. The molecule has 1 aromatic carbocycles. The van der Waals surface area contributed by atoms with Crippen LogP contribution in [-0.2, 0) is 11.2 Å². The maximum Gasteiger partial charge on any atom is 0.317 e. The number of β-amino-alcohol motifs (C(OH)–C–C–N with tert-alkyl or cyclic N) is 1. The van der Waals surface area contributed by atoms with Gasteiger partial charge < -0.3 is 25.0 Å². The molecule has 0 saturated carbocycles. The largest absolute Gasteiger partial charge is 0.492 e. The Morgan fingerprint density at radius 3 is 2.50 bits per heavy atom. The highest BCUT2D eigenvalue weighted by Gasteiger charge is 2.25. The monoisotopic (exact) mass is 363 g/mol. The molecule has 2 N–H and O–H groups in total. The predicted molar refractivity (Wildman–Crippen MR) is 99.2 cm³/mol. The summed E-state index contributed by atoms with van der Waals surface area (Å²) in [5.41, 5.74) is 1.28. The summed E-state index contributed by atoms with van der Waals surface area (Å²) in [6.45, 7) is 5.67. The van der Waals surface area contributed by atoms with Gasteiger partial charge in [0.2, 0.25) is 5.91 Å². The lowest BCUT2D eigenvalue weighted by Crippen LogP contribution is -2.45. The number of hydrogen-bond donors (Lipinski definition) is 2. The number of nitrogens with zero attached hydrogens (tertiary/aromatic N) is 2. The summed E-state index contributed by atoms with van der Waals surface area (Å²) in [4.78, 5) is 26.8. The van der Waals surface area contributed by atoms with Crippen molar-refractivity contribution in [2.45, 2.75) is 32.8 Å². The summed E-state index contributed by atoms with van der Waals surface area (Å²) < 4.78 is 5.64. The fourth-order valence-electron chi connectivity index (χ4n) is 2.94. The average molecular weight is 363 g/mol. The zero-order valence-electron chi connectivity index (χ0n) is 15.6. The Hall–Kier alpha value is -2.28. The van der Waals surface area contributed by atoms with Crippen LogP contribution in [0.4, 0.5) is 4.79 Å². The van der Waals surface area contributed by atoms with Crippen LogP contribution in [0.15, 0.2) is 24.3 Å². The number of benzene rings is 1. The maximum atomic E-state index is 12.2. The van der Waals surface area contributed by atoms with E-state index in [1.807, 2.05) is 12.1 Å². The molecule has 1 aromatic rings. The number of aryl methyl sites for hydroxylation is 1. The number of amides is 3. The molecule has 0 unspecified atom stereocenters. The van der Waals surface area contributed by atoms with E-state index in [4.69, 9.17) is 4.74 Å². The number of hydrogen-bond acceptors (Lipinski definition) is 4. The van der Waals surface area contributed by atoms with Crippen LogP contribution >= 0.6 is 0 Å². The number of urea groups is 1. The summed E-state index contributed by atoms with van der Waals surface area (Å²) in [7, 11) is 0. The van der Waals surface area contributed by atoms with Crippen LogP contribution in [-0.4, -0.2) is 72.3 Å². The summed E-state index contributed by atoms with van der Waals surface area (Å²) in [6.07, 6.45) is 1.44. The Morgan fingerprint density at radius 2 is 1.85 bits per heavy atom. The van der Waals surface area contributed by atoms with Crippen LogP contribution < -0.4 is 10.1 Å². The summed E-state index contributed by atoms with van der Waals surface area (Å²) in [5.74, 6) is 0.686. The Kier molecular flexibility index (Phi) is 7.72. The third kappa shape index (κ3) is 6.22. The highest BCUT2D eigenvalue weighted by molar-refractivity contribution is 5.75. The molecule has 1 aliphatic heterocycles. The van der Waals surface area contributed by atoms with Crippen molar-refractivity contribution in [3.8, 4) is 5.75 Å². The normalized spacial score (nSPS) is 17.6. The van der Waals surface area contributed by atoms with Crippen molar-refractivity contribution in [1.82, 2.24) is 15.1 Å². The molecule has 0 bridgehead atoms. The van der Waals surface area contributed by atoms with Gasteiger partial charge in [0.15, 0.2) is 0 Å². The standard InChI is InChI=1S/C19H29N3O4/c1-3-4-16-5-7-18(8-6-16)26-12-9-20-19(25)22-11-10-21(15(2)23)13-17(24)14-22/h5-8,17,24H,3-4,9-14H2,1-2H3,(H,20,25)/t17-/m0/s1. The molecule has 0 aromatic heterocycles. The van der Waals surface area contributed by atoms with Gasteiger partial charge in [-0.25, -0.2) is 4.79 Å². The van der Waals surface area contributed by atoms with Crippen molar-refractivity contribution in [3.63, 3.8) is 0 Å². The van der Waals surface area contributed by atoms with Gasteiger partial charge in [-0.3, -0.25) is 4.79 Å². The molecular formula is C19H29N3O4. The smallest absolute Gasteiger partial charge is 0.317 e. The Bertz CT molecular complexity index is 591. The van der Waals surface area contributed by atoms with E-state index in [1.165, 1.54) is 17.4 Å². The second kappa shape index (κ2) is 10.0. The molecular weight excluding hydrogens is 334 g/mol. The van der Waals surface area contributed by atoms with Crippen molar-refractivity contribution in [2.75, 3.05) is 39.3 Å². The summed E-state index contributed by atoms with van der Waals surface area (Å²) in [6, 6.07) is 7.73. The first-order valence-corrected chi connectivity index (χ1v) is 9.17. The van der Waals surface area contributed by atoms with Gasteiger partial charge in [0.05, 0.1) is 19.2 Å². The van der Waals surface area contributed by atoms with E-state index < -0.39 is 6.10 Å². The zero-order valence-corrected chi connectivity index (χ0v) is 15.6. The van der Waals surface area contributed by atoms with E-state index in [-0.39, 0.29) is 25.0 Å². The first-order chi connectivity index (χ1) is 12.5. The minimum Gasteiger partial charge on any atom is -0.492 e. The SMILES string of the molecule is CCCc1ccc(OCCNC(=O)N2CCN(C(C)=O)C[C@H](O)C2)cc1. The van der Waals surface area contributed by atoms with Crippen LogP contribution in [0.5, 0.6) is 5.75 Å². The lowest BCUT2D eigenvalue weighted by Gasteiger charge is -2.22. The Balaban J connectivity index is 1.71. The molecule has 1 heterocycles. The molecule has 2 rings (SSSR count). The fourth-order valence-corrected chi connectivity index (χ4v) is 2.94. The van der Waals surface area contributed by atoms with Crippen molar-refractivity contribution >= 4 is 11.9 Å². The quantitative estimate of drug-likeness (QED) is 0.746. The minimum absolute atomic E-state index is 0.0929. The molecule has 1 fully saturated rings. The first kappa shape index (κ1) is 20.0. The number of rotatable bonds is 6. The van der Waals surface area contributed by atoms with Crippen LogP contribution in [0.2, 0.25) is 0 Å². The third-order valence-corrected chi connectivity index (χ3v) is 4.34. The van der Waals surface area contributed by atoms with Gasteiger partial charge in [0.25, 0.3) is 0 Å². The van der Waals surface area contributed by atoms with E-state index in [9.17, 15) is 14.7 Å². The number of aliphatic hydroxyl groups excluding tert-OH is 1. The highest BCUT2D eigenvalue weighted by Crippen LogP contribution is 2.13. The number of aliphatic hydroxyl groups is 1. The first-order valence-electron chi connectivity index (χ1n) is 9.17. The Labute approximate surface area is 154 Å². The van der Waals surface area contributed by atoms with E-state index in [0.29, 0.717) is 26.2 Å². The predicted octanol–water partition coefficient (Wildman–Crippen LogP) is 1.25. The van der Waals surface area contributed by atoms with Crippen molar-refractivity contribution in [2.24, 2.45) is 0 Å². The van der Waals surface area contributed by atoms with E-state index >= 15 is 0 Å². The molecule has 0 aliphatic carbocycles. The lowest BCUT2D eigenvalue weighted by molar-refractivity contribution is -0.129. The molecule has 1 atom stereocenters.